The van der Waals surface area contributed by atoms with Gasteiger partial charge >= 0.3 is 0 Å². The molecule has 3 heterocycles. The predicted molar refractivity (Wildman–Crippen MR) is 110 cm³/mol. The topological polar surface area (TPSA) is 98.0 Å². The number of nitrogens with zero attached hydrogens (tertiary/aromatic N) is 3. The van der Waals surface area contributed by atoms with E-state index in [1.165, 1.54) is 19.2 Å². The van der Waals surface area contributed by atoms with Crippen LogP contribution in [0.2, 0.25) is 0 Å². The minimum Gasteiger partial charge on any atom is -0.457 e. The van der Waals surface area contributed by atoms with Gasteiger partial charge in [-0.2, -0.15) is 0 Å². The van der Waals surface area contributed by atoms with E-state index in [2.05, 4.69) is 25.6 Å². The third-order valence-electron chi connectivity index (χ3n) is 4.92. The van der Waals surface area contributed by atoms with Gasteiger partial charge in [-0.25, -0.2) is 9.97 Å². The molecule has 144 valence electrons. The highest BCUT2D eigenvalue weighted by atomic mass is 16.5. The Labute approximate surface area is 164 Å². The molecule has 1 fully saturated rings. The molecular formula is C21H24N6O. The lowest BCUT2D eigenvalue weighted by Crippen LogP contribution is -2.31. The van der Waals surface area contributed by atoms with Crippen molar-refractivity contribution in [3.8, 4) is 22.6 Å². The standard InChI is InChI=1S/C21H24N6O/c22-20-19(21(27-14-26-20)25-13-15-5-9-23-10-6-15)16-1-3-17(4-2-16)28-18-7-11-24-12-8-18/h1-4,7-8,11-12,14-15,23H,5-6,9-10,13H2,(H3,22,25,26,27). The van der Waals surface area contributed by atoms with Crippen LogP contribution in [0.25, 0.3) is 11.1 Å². The van der Waals surface area contributed by atoms with Crippen LogP contribution in [0.3, 0.4) is 0 Å². The van der Waals surface area contributed by atoms with Crippen molar-refractivity contribution in [2.75, 3.05) is 30.7 Å². The van der Waals surface area contributed by atoms with E-state index in [0.717, 1.165) is 48.1 Å². The maximum atomic E-state index is 6.18. The number of pyridine rings is 1. The fraction of sp³-hybridized carbons (Fsp3) is 0.286. The highest BCUT2D eigenvalue weighted by molar-refractivity contribution is 5.83. The number of nitrogens with two attached hydrogens (primary N) is 1. The molecule has 3 aromatic rings. The molecule has 4 rings (SSSR count). The Morgan fingerprint density at radius 2 is 1.71 bits per heavy atom. The van der Waals surface area contributed by atoms with Gasteiger partial charge < -0.3 is 21.1 Å². The molecule has 0 spiro atoms. The molecule has 2 aromatic heterocycles. The van der Waals surface area contributed by atoms with Gasteiger partial charge in [-0.3, -0.25) is 4.98 Å². The van der Waals surface area contributed by atoms with E-state index in [0.29, 0.717) is 11.7 Å². The van der Waals surface area contributed by atoms with Crippen molar-refractivity contribution in [3.05, 3.63) is 55.1 Å². The van der Waals surface area contributed by atoms with Crippen molar-refractivity contribution in [2.45, 2.75) is 12.8 Å². The molecule has 28 heavy (non-hydrogen) atoms. The first-order chi connectivity index (χ1) is 13.8. The smallest absolute Gasteiger partial charge is 0.139 e. The number of aromatic nitrogens is 3. The minimum atomic E-state index is 0.464. The van der Waals surface area contributed by atoms with E-state index in [1.807, 2.05) is 36.4 Å². The van der Waals surface area contributed by atoms with Crippen molar-refractivity contribution in [3.63, 3.8) is 0 Å². The third kappa shape index (κ3) is 4.37. The molecule has 4 N–H and O–H groups in total. The molecule has 0 radical (unpaired) electrons. The van der Waals surface area contributed by atoms with Gasteiger partial charge in [-0.15, -0.1) is 0 Å². The Kier molecular flexibility index (Phi) is 5.63. The van der Waals surface area contributed by atoms with Crippen LogP contribution in [0.15, 0.2) is 55.1 Å². The number of nitrogens with one attached hydrogen (secondary N) is 2. The fourth-order valence-corrected chi connectivity index (χ4v) is 3.38. The quantitative estimate of drug-likeness (QED) is 0.607. The van der Waals surface area contributed by atoms with Gasteiger partial charge in [0.15, 0.2) is 0 Å². The van der Waals surface area contributed by atoms with Gasteiger partial charge in [0, 0.05) is 18.9 Å². The molecule has 0 amide bonds. The lowest BCUT2D eigenvalue weighted by molar-refractivity contribution is 0.389. The third-order valence-corrected chi connectivity index (χ3v) is 4.92. The van der Waals surface area contributed by atoms with E-state index in [4.69, 9.17) is 10.5 Å². The first-order valence-electron chi connectivity index (χ1n) is 9.53. The Balaban J connectivity index is 1.51. The Morgan fingerprint density at radius 3 is 2.46 bits per heavy atom. The van der Waals surface area contributed by atoms with Gasteiger partial charge in [0.25, 0.3) is 0 Å². The first kappa shape index (κ1) is 18.2. The van der Waals surface area contributed by atoms with Crippen molar-refractivity contribution in [1.29, 1.82) is 0 Å². The number of benzene rings is 1. The van der Waals surface area contributed by atoms with Gasteiger partial charge in [0.2, 0.25) is 0 Å². The van der Waals surface area contributed by atoms with Crippen LogP contribution in [0.5, 0.6) is 11.5 Å². The van der Waals surface area contributed by atoms with Crippen LogP contribution in [0, 0.1) is 5.92 Å². The van der Waals surface area contributed by atoms with Gasteiger partial charge in [-0.1, -0.05) is 12.1 Å². The average Bonchev–Trinajstić information content (AvgIpc) is 2.75. The number of rotatable bonds is 6. The molecule has 7 nitrogen and oxygen atoms in total. The maximum absolute atomic E-state index is 6.18. The predicted octanol–water partition coefficient (Wildman–Crippen LogP) is 3.32. The number of hydrogen-bond acceptors (Lipinski definition) is 7. The Hall–Kier alpha value is -3.19. The summed E-state index contributed by atoms with van der Waals surface area (Å²) < 4.78 is 5.83. The van der Waals surface area contributed by atoms with Crippen molar-refractivity contribution >= 4 is 11.6 Å². The first-order valence-corrected chi connectivity index (χ1v) is 9.53. The van der Waals surface area contributed by atoms with Crippen molar-refractivity contribution in [2.24, 2.45) is 5.92 Å². The maximum Gasteiger partial charge on any atom is 0.139 e. The molecule has 0 unspecified atom stereocenters. The highest BCUT2D eigenvalue weighted by Gasteiger charge is 2.16. The van der Waals surface area contributed by atoms with Crippen LogP contribution in [0.1, 0.15) is 12.8 Å². The Morgan fingerprint density at radius 1 is 1.00 bits per heavy atom. The molecule has 1 aliphatic heterocycles. The summed E-state index contributed by atoms with van der Waals surface area (Å²) in [6.45, 7) is 3.03. The average molecular weight is 376 g/mol. The van der Waals surface area contributed by atoms with Crippen LogP contribution in [-0.2, 0) is 0 Å². The van der Waals surface area contributed by atoms with Crippen molar-refractivity contribution < 1.29 is 4.74 Å². The van der Waals surface area contributed by atoms with E-state index in [-0.39, 0.29) is 0 Å². The molecule has 0 saturated carbocycles. The summed E-state index contributed by atoms with van der Waals surface area (Å²) in [5.41, 5.74) is 7.96. The van der Waals surface area contributed by atoms with E-state index >= 15 is 0 Å². The lowest BCUT2D eigenvalue weighted by Gasteiger charge is -2.23. The van der Waals surface area contributed by atoms with Crippen LogP contribution in [-0.4, -0.2) is 34.6 Å². The van der Waals surface area contributed by atoms with E-state index in [1.54, 1.807) is 12.4 Å². The summed E-state index contributed by atoms with van der Waals surface area (Å²) in [4.78, 5) is 12.6. The number of anilines is 2. The van der Waals surface area contributed by atoms with Gasteiger partial charge in [-0.05, 0) is 61.7 Å². The zero-order valence-electron chi connectivity index (χ0n) is 15.6. The molecular weight excluding hydrogens is 352 g/mol. The SMILES string of the molecule is Nc1ncnc(NCC2CCNCC2)c1-c1ccc(Oc2ccncc2)cc1. The summed E-state index contributed by atoms with van der Waals surface area (Å²) in [5.74, 6) is 3.37. The molecule has 0 atom stereocenters. The summed E-state index contributed by atoms with van der Waals surface area (Å²) in [6.07, 6.45) is 7.25. The van der Waals surface area contributed by atoms with E-state index in [9.17, 15) is 0 Å². The number of hydrogen-bond donors (Lipinski definition) is 3. The molecule has 7 heteroatoms. The normalized spacial score (nSPS) is 14.6. The molecule has 1 aromatic carbocycles. The molecule has 0 aliphatic carbocycles. The van der Waals surface area contributed by atoms with Crippen LogP contribution < -0.4 is 21.1 Å². The monoisotopic (exact) mass is 376 g/mol. The van der Waals surface area contributed by atoms with Crippen molar-refractivity contribution in [1.82, 2.24) is 20.3 Å². The number of ether oxygens (including phenoxy) is 1. The molecule has 0 bridgehead atoms. The van der Waals surface area contributed by atoms with Gasteiger partial charge in [0.05, 0.1) is 5.56 Å². The summed E-state index contributed by atoms with van der Waals surface area (Å²) in [5, 5.41) is 6.87. The summed E-state index contributed by atoms with van der Waals surface area (Å²) in [6, 6.07) is 11.4. The highest BCUT2D eigenvalue weighted by Crippen LogP contribution is 2.32. The van der Waals surface area contributed by atoms with Crippen LogP contribution in [0.4, 0.5) is 11.6 Å². The van der Waals surface area contributed by atoms with E-state index < -0.39 is 0 Å². The minimum absolute atomic E-state index is 0.464. The second kappa shape index (κ2) is 8.67. The molecule has 1 saturated heterocycles. The number of piperidine rings is 1. The number of nitrogen functional groups attached to an aromatic ring is 1. The fourth-order valence-electron chi connectivity index (χ4n) is 3.38. The lowest BCUT2D eigenvalue weighted by atomic mass is 9.98. The second-order valence-corrected chi connectivity index (χ2v) is 6.87. The zero-order valence-corrected chi connectivity index (χ0v) is 15.6. The second-order valence-electron chi connectivity index (χ2n) is 6.87. The molecule has 1 aliphatic rings. The summed E-state index contributed by atoms with van der Waals surface area (Å²) >= 11 is 0. The zero-order chi connectivity index (χ0) is 19.2. The largest absolute Gasteiger partial charge is 0.457 e. The Bertz CT molecular complexity index is 895. The van der Waals surface area contributed by atoms with Gasteiger partial charge in [0.1, 0.15) is 29.5 Å². The summed E-state index contributed by atoms with van der Waals surface area (Å²) in [7, 11) is 0. The van der Waals surface area contributed by atoms with Crippen LogP contribution >= 0.6 is 0 Å².